The molecule has 0 saturated heterocycles. The lowest BCUT2D eigenvalue weighted by Gasteiger charge is -2.38. The SMILES string of the molecule is Cc1csc(C2C(N)=NC(S)=C(C#N)C23CCCC3)n1. The van der Waals surface area contributed by atoms with Gasteiger partial charge in [-0.25, -0.2) is 9.98 Å². The molecule has 0 amide bonds. The average molecular weight is 304 g/mol. The van der Waals surface area contributed by atoms with Crippen molar-refractivity contribution >= 4 is 29.8 Å². The van der Waals surface area contributed by atoms with Crippen LogP contribution in [0.3, 0.4) is 0 Å². The van der Waals surface area contributed by atoms with Crippen LogP contribution in [0.15, 0.2) is 21.0 Å². The predicted molar refractivity (Wildman–Crippen MR) is 83.7 cm³/mol. The molecule has 2 N–H and O–H groups in total. The minimum absolute atomic E-state index is 0.0748. The number of amidine groups is 1. The van der Waals surface area contributed by atoms with Crippen molar-refractivity contribution < 1.29 is 0 Å². The summed E-state index contributed by atoms with van der Waals surface area (Å²) in [5, 5.41) is 13.0. The summed E-state index contributed by atoms with van der Waals surface area (Å²) in [7, 11) is 0. The normalized spacial score (nSPS) is 24.9. The Morgan fingerprint density at radius 1 is 1.50 bits per heavy atom. The second-order valence-electron chi connectivity index (χ2n) is 5.47. The molecule has 1 aromatic heterocycles. The lowest BCUT2D eigenvalue weighted by molar-refractivity contribution is 0.342. The fourth-order valence-electron chi connectivity index (χ4n) is 3.47. The first-order valence-electron chi connectivity index (χ1n) is 6.68. The Balaban J connectivity index is 2.18. The molecule has 1 unspecified atom stereocenters. The lowest BCUT2D eigenvalue weighted by atomic mass is 9.67. The largest absolute Gasteiger partial charge is 0.387 e. The van der Waals surface area contributed by atoms with E-state index in [-0.39, 0.29) is 11.3 Å². The summed E-state index contributed by atoms with van der Waals surface area (Å²) in [5.41, 5.74) is 7.63. The number of thiazole rings is 1. The van der Waals surface area contributed by atoms with Crippen LogP contribution in [0.5, 0.6) is 0 Å². The molecular formula is C14H16N4S2. The van der Waals surface area contributed by atoms with Gasteiger partial charge in [-0.15, -0.1) is 24.0 Å². The summed E-state index contributed by atoms with van der Waals surface area (Å²) in [6, 6.07) is 2.33. The van der Waals surface area contributed by atoms with Crippen LogP contribution in [0.25, 0.3) is 0 Å². The van der Waals surface area contributed by atoms with E-state index in [2.05, 4.69) is 28.7 Å². The third-order valence-corrected chi connectivity index (χ3v) is 5.65. The summed E-state index contributed by atoms with van der Waals surface area (Å²) in [6.07, 6.45) is 4.14. The Morgan fingerprint density at radius 3 is 2.75 bits per heavy atom. The number of aliphatic imine (C=N–C) groups is 1. The van der Waals surface area contributed by atoms with Crippen molar-refractivity contribution in [1.29, 1.82) is 5.26 Å². The second-order valence-corrected chi connectivity index (χ2v) is 6.78. The van der Waals surface area contributed by atoms with E-state index in [0.29, 0.717) is 16.4 Å². The zero-order valence-corrected chi connectivity index (χ0v) is 13.0. The van der Waals surface area contributed by atoms with Gasteiger partial charge in [-0.05, 0) is 19.8 Å². The highest BCUT2D eigenvalue weighted by Gasteiger charge is 2.51. The third kappa shape index (κ3) is 1.88. The lowest BCUT2D eigenvalue weighted by Crippen LogP contribution is -2.40. The van der Waals surface area contributed by atoms with Gasteiger partial charge in [-0.3, -0.25) is 0 Å². The Labute approximate surface area is 127 Å². The zero-order valence-electron chi connectivity index (χ0n) is 11.3. The van der Waals surface area contributed by atoms with E-state index in [1.807, 2.05) is 12.3 Å². The van der Waals surface area contributed by atoms with Crippen molar-refractivity contribution in [2.45, 2.75) is 38.5 Å². The number of aryl methyl sites for hydroxylation is 1. The Bertz CT molecular complexity index is 644. The molecule has 1 atom stereocenters. The topological polar surface area (TPSA) is 75.1 Å². The molecular weight excluding hydrogens is 288 g/mol. The van der Waals surface area contributed by atoms with Gasteiger partial charge in [0.05, 0.1) is 17.6 Å². The van der Waals surface area contributed by atoms with E-state index >= 15 is 0 Å². The minimum Gasteiger partial charge on any atom is -0.387 e. The number of nitrogens with zero attached hydrogens (tertiary/aromatic N) is 3. The molecule has 2 heterocycles. The summed E-state index contributed by atoms with van der Waals surface area (Å²) in [4.78, 5) is 8.90. The van der Waals surface area contributed by atoms with Gasteiger partial charge in [-0.2, -0.15) is 5.26 Å². The van der Waals surface area contributed by atoms with Crippen molar-refractivity contribution in [1.82, 2.24) is 4.98 Å². The van der Waals surface area contributed by atoms with Crippen LogP contribution in [0.2, 0.25) is 0 Å². The average Bonchev–Trinajstić information content (AvgIpc) is 3.00. The van der Waals surface area contributed by atoms with Gasteiger partial charge in [0.1, 0.15) is 15.9 Å². The second kappa shape index (κ2) is 4.90. The highest BCUT2D eigenvalue weighted by atomic mass is 32.1. The van der Waals surface area contributed by atoms with Crippen LogP contribution in [-0.2, 0) is 0 Å². The van der Waals surface area contributed by atoms with Gasteiger partial charge in [0, 0.05) is 16.5 Å². The maximum Gasteiger partial charge on any atom is 0.111 e. The summed E-state index contributed by atoms with van der Waals surface area (Å²) in [6.45, 7) is 1.97. The molecule has 3 rings (SSSR count). The maximum absolute atomic E-state index is 9.56. The molecule has 0 bridgehead atoms. The highest BCUT2D eigenvalue weighted by molar-refractivity contribution is 7.84. The minimum atomic E-state index is -0.248. The van der Waals surface area contributed by atoms with Crippen molar-refractivity contribution in [3.63, 3.8) is 0 Å². The summed E-state index contributed by atoms with van der Waals surface area (Å²) in [5.74, 6) is 0.472. The Kier molecular flexibility index (Phi) is 3.35. The van der Waals surface area contributed by atoms with Gasteiger partial charge in [0.25, 0.3) is 0 Å². The molecule has 1 aliphatic carbocycles. The first kappa shape index (κ1) is 13.7. The van der Waals surface area contributed by atoms with E-state index in [0.717, 1.165) is 36.4 Å². The molecule has 6 heteroatoms. The van der Waals surface area contributed by atoms with Gasteiger partial charge < -0.3 is 5.73 Å². The predicted octanol–water partition coefficient (Wildman–Crippen LogP) is 3.13. The molecule has 1 spiro atoms. The van der Waals surface area contributed by atoms with E-state index in [1.54, 1.807) is 11.3 Å². The maximum atomic E-state index is 9.56. The highest BCUT2D eigenvalue weighted by Crippen LogP contribution is 2.57. The third-order valence-electron chi connectivity index (χ3n) is 4.30. The fraction of sp³-hybridized carbons (Fsp3) is 0.500. The molecule has 0 radical (unpaired) electrons. The van der Waals surface area contributed by atoms with Crippen molar-refractivity contribution in [3.8, 4) is 6.07 Å². The van der Waals surface area contributed by atoms with Gasteiger partial charge >= 0.3 is 0 Å². The number of hydrogen-bond donors (Lipinski definition) is 2. The molecule has 104 valence electrons. The van der Waals surface area contributed by atoms with Gasteiger partial charge in [0.15, 0.2) is 0 Å². The van der Waals surface area contributed by atoms with Crippen LogP contribution < -0.4 is 5.73 Å². The van der Waals surface area contributed by atoms with Crippen LogP contribution in [-0.4, -0.2) is 10.8 Å². The van der Waals surface area contributed by atoms with Gasteiger partial charge in [-0.1, -0.05) is 12.8 Å². The zero-order chi connectivity index (χ0) is 14.3. The number of aromatic nitrogens is 1. The molecule has 2 aliphatic rings. The molecule has 1 fully saturated rings. The van der Waals surface area contributed by atoms with Crippen molar-refractivity contribution in [3.05, 3.63) is 26.7 Å². The molecule has 4 nitrogen and oxygen atoms in total. The molecule has 1 aromatic rings. The van der Waals surface area contributed by atoms with Crippen LogP contribution in [0.4, 0.5) is 0 Å². The van der Waals surface area contributed by atoms with Crippen LogP contribution in [0, 0.1) is 23.7 Å². The van der Waals surface area contributed by atoms with E-state index < -0.39 is 0 Å². The first-order valence-corrected chi connectivity index (χ1v) is 8.01. The van der Waals surface area contributed by atoms with Crippen molar-refractivity contribution in [2.24, 2.45) is 16.1 Å². The summed E-state index contributed by atoms with van der Waals surface area (Å²) >= 11 is 5.98. The monoisotopic (exact) mass is 304 g/mol. The van der Waals surface area contributed by atoms with Crippen molar-refractivity contribution in [2.75, 3.05) is 0 Å². The van der Waals surface area contributed by atoms with Crippen LogP contribution in [0.1, 0.15) is 42.3 Å². The standard InChI is InChI=1S/C14H16N4S2/c1-8-7-20-13(17-8)10-11(16)18-12(19)9(6-15)14(10)4-2-3-5-14/h7,10,19H,2-5H2,1H3,(H2,16,18). The molecule has 1 aliphatic heterocycles. The molecule has 1 saturated carbocycles. The quantitative estimate of drug-likeness (QED) is 0.783. The molecule has 20 heavy (non-hydrogen) atoms. The Morgan fingerprint density at radius 2 is 2.20 bits per heavy atom. The van der Waals surface area contributed by atoms with E-state index in [9.17, 15) is 5.26 Å². The smallest absolute Gasteiger partial charge is 0.111 e. The fourth-order valence-corrected chi connectivity index (χ4v) is 4.88. The van der Waals surface area contributed by atoms with Gasteiger partial charge in [0.2, 0.25) is 0 Å². The number of rotatable bonds is 1. The number of nitriles is 1. The number of thiol groups is 1. The van der Waals surface area contributed by atoms with E-state index in [4.69, 9.17) is 5.73 Å². The molecule has 0 aromatic carbocycles. The summed E-state index contributed by atoms with van der Waals surface area (Å²) < 4.78 is 0. The number of hydrogen-bond acceptors (Lipinski definition) is 6. The Hall–Kier alpha value is -1.32. The number of allylic oxidation sites excluding steroid dienone is 1. The van der Waals surface area contributed by atoms with Crippen LogP contribution >= 0.6 is 24.0 Å². The number of nitrogens with two attached hydrogens (primary N) is 1. The first-order chi connectivity index (χ1) is 9.58. The van der Waals surface area contributed by atoms with E-state index in [1.165, 1.54) is 0 Å².